The molecule has 0 spiro atoms. The van der Waals surface area contributed by atoms with Gasteiger partial charge in [0, 0.05) is 32.8 Å². The molecule has 5 heteroatoms. The minimum Gasteiger partial charge on any atom is -0.551 e. The highest BCUT2D eigenvalue weighted by molar-refractivity contribution is 7.11. The molecule has 0 fully saturated rings. The smallest absolute Gasteiger partial charge is 0.434 e. The van der Waals surface area contributed by atoms with Crippen LogP contribution in [0, 0.1) is 0 Å². The Labute approximate surface area is 401 Å². The van der Waals surface area contributed by atoms with Crippen LogP contribution in [0.1, 0.15) is 54.9 Å². The molecular weight excluding hydrogens is 746 g/mol. The topological polar surface area (TPSA) is 23.4 Å². The molecule has 3 nitrogen and oxygen atoms in total. The number of benzene rings is 9. The molecule has 12 rings (SSSR count). The average Bonchev–Trinajstić information content (AvgIpc) is 0.954. The average molecular weight is 820 g/mol. The highest BCUT2D eigenvalue weighted by Gasteiger charge is 2.43. The van der Waals surface area contributed by atoms with E-state index in [0.717, 1.165) is 0 Å². The van der Waals surface area contributed by atoms with Gasteiger partial charge in [-0.25, -0.2) is 0 Å². The van der Waals surface area contributed by atoms with Crippen LogP contribution in [0.15, 0.2) is 218 Å². The monoisotopic (exact) mass is 820 g/mol. The van der Waals surface area contributed by atoms with Crippen LogP contribution in [-0.2, 0) is 6.04 Å². The first-order chi connectivity index (χ1) is 44.7. The third-order valence-corrected chi connectivity index (χ3v) is 14.3. The van der Waals surface area contributed by atoms with Crippen LogP contribution >= 0.6 is 0 Å². The Kier molecular flexibility index (Phi) is 3.28. The van der Waals surface area contributed by atoms with Gasteiger partial charge in [-0.3, -0.25) is 0 Å². The number of ether oxygens (including phenoxy) is 1. The Morgan fingerprint density at radius 2 is 1.02 bits per heavy atom. The van der Waals surface area contributed by atoms with Gasteiger partial charge in [-0.2, -0.15) is 0 Å². The van der Waals surface area contributed by atoms with Gasteiger partial charge < -0.3 is 14.0 Å². The number of hydrogen-bond acceptors (Lipinski definition) is 2. The van der Waals surface area contributed by atoms with Gasteiger partial charge in [0.25, 0.3) is 0 Å². The number of hydrogen-bond donors (Lipinski definition) is 0. The zero-order valence-corrected chi connectivity index (χ0v) is 31.0. The molecule has 0 saturated carbocycles. The Morgan fingerprint density at radius 3 is 1.67 bits per heavy atom. The van der Waals surface area contributed by atoms with E-state index in [4.69, 9.17) is 35.4 Å². The Hall–Kier alpha value is -7.34. The second-order valence-corrected chi connectivity index (χ2v) is 16.9. The van der Waals surface area contributed by atoms with Crippen molar-refractivity contribution < 1.29 is 58.7 Å². The summed E-state index contributed by atoms with van der Waals surface area (Å²) in [6.07, 6.45) is 0. The van der Waals surface area contributed by atoms with Crippen molar-refractivity contribution in [2.75, 3.05) is 0 Å². The van der Waals surface area contributed by atoms with Crippen molar-refractivity contribution in [3.8, 4) is 45.2 Å². The quantitative estimate of drug-likeness (QED) is 0.118. The molecule has 0 aliphatic carbocycles. The van der Waals surface area contributed by atoms with Crippen molar-refractivity contribution in [3.63, 3.8) is 0 Å². The highest BCUT2D eigenvalue weighted by atomic mass is 28.3. The van der Waals surface area contributed by atoms with Gasteiger partial charge in [0.1, 0.15) is 17.2 Å². The van der Waals surface area contributed by atoms with Crippen LogP contribution in [0.3, 0.4) is 0 Å². The molecular formula is C55H38BNO2Si. The predicted molar refractivity (Wildman–Crippen MR) is 252 cm³/mol. The molecule has 3 heterocycles. The van der Waals surface area contributed by atoms with Crippen LogP contribution in [-0.4, -0.2) is 19.6 Å². The minimum atomic E-state index is -6.00. The molecule has 0 radical (unpaired) electrons. The van der Waals surface area contributed by atoms with E-state index in [-0.39, 0.29) is 0 Å². The summed E-state index contributed by atoms with van der Waals surface area (Å²) in [4.78, 5) is 0. The third kappa shape index (κ3) is 5.36. The Bertz CT molecular complexity index is 5050. The summed E-state index contributed by atoms with van der Waals surface area (Å²) in [7, 11) is -6.00. The van der Waals surface area contributed by atoms with Crippen LogP contribution in [0.4, 0.5) is 0 Å². The van der Waals surface area contributed by atoms with Crippen molar-refractivity contribution >= 4 is 63.3 Å². The lowest BCUT2D eigenvalue weighted by Gasteiger charge is -2.35. The number of nitrogens with zero attached hydrogens (tertiary/aromatic N) is 1. The zero-order chi connectivity index (χ0) is 71.0. The summed E-state index contributed by atoms with van der Waals surface area (Å²) in [5, 5.41) is -4.20. The zero-order valence-electron chi connectivity index (χ0n) is 66.0. The predicted octanol–water partition coefficient (Wildman–Crippen LogP) is 9.97. The van der Waals surface area contributed by atoms with Crippen LogP contribution in [0.5, 0.6) is 17.2 Å². The van der Waals surface area contributed by atoms with Crippen molar-refractivity contribution in [1.82, 2.24) is 4.57 Å². The molecule has 2 aliphatic rings. The van der Waals surface area contributed by atoms with Gasteiger partial charge in [-0.05, 0) is 80.6 Å². The Morgan fingerprint density at radius 1 is 0.467 bits per heavy atom. The molecule has 282 valence electrons. The number of aromatic nitrogens is 1. The fourth-order valence-corrected chi connectivity index (χ4v) is 11.2. The van der Waals surface area contributed by atoms with E-state index >= 15 is 0 Å². The van der Waals surface area contributed by atoms with Gasteiger partial charge in [-0.1, -0.05) is 175 Å². The van der Waals surface area contributed by atoms with Crippen LogP contribution in [0.2, 0.25) is 0 Å². The molecule has 0 unspecified atom stereocenters. The fraction of sp³-hybridized carbons (Fsp3) is 0.0182. The fourth-order valence-electron chi connectivity index (χ4n) is 7.60. The molecule has 9 aromatic carbocycles. The largest absolute Gasteiger partial charge is 0.551 e. The summed E-state index contributed by atoms with van der Waals surface area (Å²) in [6, 6.07) is -40.0. The van der Waals surface area contributed by atoms with E-state index in [0.29, 0.717) is 4.57 Å². The van der Waals surface area contributed by atoms with Crippen LogP contribution < -0.4 is 35.9 Å². The first-order valence-corrected chi connectivity index (χ1v) is 20.0. The van der Waals surface area contributed by atoms with Crippen molar-refractivity contribution in [2.24, 2.45) is 0 Å². The van der Waals surface area contributed by atoms with E-state index < -0.39 is 338 Å². The first-order valence-electron chi connectivity index (χ1n) is 35.8. The first kappa shape index (κ1) is 14.2. The molecule has 0 amide bonds. The van der Waals surface area contributed by atoms with E-state index in [9.17, 15) is 23.3 Å². The van der Waals surface area contributed by atoms with Gasteiger partial charge in [0.15, 0.2) is 8.07 Å². The minimum absolute atomic E-state index is 0.567. The number of para-hydroxylation sites is 4. The summed E-state index contributed by atoms with van der Waals surface area (Å²) >= 11 is 0. The highest BCUT2D eigenvalue weighted by Crippen LogP contribution is 2.43. The Balaban J connectivity index is 1.27. The van der Waals surface area contributed by atoms with Crippen molar-refractivity contribution in [2.45, 2.75) is 6.04 Å². The number of fused-ring (bicyclic) bond motifs is 7. The molecule has 0 N–H and O–H groups in total. The van der Waals surface area contributed by atoms with E-state index in [1.54, 1.807) is 0 Å². The molecule has 0 saturated heterocycles. The second kappa shape index (κ2) is 13.9. The third-order valence-electron chi connectivity index (χ3n) is 10.1. The maximum Gasteiger partial charge on any atom is 0.434 e. The molecule has 2 aliphatic heterocycles. The van der Waals surface area contributed by atoms with E-state index in [2.05, 4.69) is 0 Å². The maximum absolute atomic E-state index is 10.2. The van der Waals surface area contributed by atoms with E-state index in [1.807, 2.05) is 0 Å². The molecule has 1 aromatic heterocycles. The molecule has 0 atom stereocenters. The lowest BCUT2D eigenvalue weighted by Crippen LogP contribution is -2.68. The van der Waals surface area contributed by atoms with Gasteiger partial charge in [-0.15, -0.1) is 0 Å². The summed E-state index contributed by atoms with van der Waals surface area (Å²) in [5.41, 5.74) is -7.83. The maximum atomic E-state index is 10.2. The van der Waals surface area contributed by atoms with Gasteiger partial charge in [0.2, 0.25) is 0 Å². The normalized spacial score (nSPS) is 21.0. The molecule has 10 aromatic rings. The van der Waals surface area contributed by atoms with Gasteiger partial charge in [0.05, 0.1) is 66.1 Å². The summed E-state index contributed by atoms with van der Waals surface area (Å²) < 4.78 is 345. The molecule has 60 heavy (non-hydrogen) atoms. The standard InChI is InChI=1S/C55H38BNO2Si/c1-4-18-40(19-5-1)60(41-20-6-2-7-21-41,42-22-8-3-9-23-42)37-38-32-33-48-53(34-38)58-54-36-39(35-47-46-27-13-17-31-52(46)59-56(48)55(47)54)43-24-10-14-28-49(43)57-50-29-15-11-25-44(50)45-26-12-16-30-51(45)57/h1-36H,37H2/i1D,2D,3D,4D,5D,6D,7D,8D,9D,10D,11D,12D,13D,14D,15D,16D,17D,18D,19D,20D,21D,22D,23D,24D,25D,26D,27D,28D,29D,30D,31D,32D,33D,34D,35D,36D. The molecule has 0 bridgehead atoms. The summed E-state index contributed by atoms with van der Waals surface area (Å²) in [6.45, 7) is -2.14. The number of rotatable bonds is 7. The van der Waals surface area contributed by atoms with E-state index in [1.165, 1.54) is 0 Å². The lowest BCUT2D eigenvalue weighted by molar-refractivity contribution is 0.479. The SMILES string of the molecule is [2H]c1c([2H])c([2H])c([Si](Cc2c([2H])c([2H])c3c(c2[2H])Oc2c([2H])c(-c4c([2H])c([2H])c([2H])c([2H])c4-n4c5c([2H])c([2H])c([2H])c([2H])c5c5c([2H])c([2H])c([2H])c([2H])c54)c([2H])c4c2B3Oc2c([2H])c([2H])c([2H])c([2H])c2-4)(c2c([2H])c([2H])c([2H])c([2H])c2[2H])c2c([2H])c([2H])c([2H])c([2H])c2[2H])c([2H])c1[2H]. The van der Waals surface area contributed by atoms with Crippen molar-refractivity contribution in [3.05, 3.63) is 223 Å². The van der Waals surface area contributed by atoms with Crippen molar-refractivity contribution in [1.29, 1.82) is 0 Å². The second-order valence-electron chi connectivity index (χ2n) is 13.2. The van der Waals surface area contributed by atoms with Gasteiger partial charge >= 0.3 is 6.92 Å². The lowest BCUT2D eigenvalue weighted by atomic mass is 9.50. The van der Waals surface area contributed by atoms with Crippen LogP contribution in [0.25, 0.3) is 49.7 Å². The summed E-state index contributed by atoms with van der Waals surface area (Å²) in [5.74, 6) is -2.69.